The van der Waals surface area contributed by atoms with Crippen molar-refractivity contribution in [3.8, 4) is 0 Å². The number of anilines is 1. The van der Waals surface area contributed by atoms with Crippen LogP contribution in [0.4, 0.5) is 15.3 Å². The third-order valence-corrected chi connectivity index (χ3v) is 6.54. The molecule has 1 unspecified atom stereocenters. The van der Waals surface area contributed by atoms with E-state index < -0.39 is 29.4 Å². The van der Waals surface area contributed by atoms with Gasteiger partial charge in [-0.25, -0.2) is 9.59 Å². The second-order valence-electron chi connectivity index (χ2n) is 11.0. The number of nitrogens with zero attached hydrogens (tertiary/aromatic N) is 4. The van der Waals surface area contributed by atoms with E-state index in [0.717, 1.165) is 5.69 Å². The van der Waals surface area contributed by atoms with Gasteiger partial charge in [0.2, 0.25) is 5.91 Å². The molecular formula is C25H36Cl2N4O5. The Morgan fingerprint density at radius 3 is 1.89 bits per heavy atom. The van der Waals surface area contributed by atoms with Gasteiger partial charge >= 0.3 is 12.2 Å². The van der Waals surface area contributed by atoms with Gasteiger partial charge in [0, 0.05) is 45.0 Å². The first-order valence-corrected chi connectivity index (χ1v) is 12.9. The lowest BCUT2D eigenvalue weighted by atomic mass is 10.1. The Morgan fingerprint density at radius 2 is 1.33 bits per heavy atom. The molecule has 0 aliphatic carbocycles. The van der Waals surface area contributed by atoms with Crippen LogP contribution in [0.2, 0.25) is 10.0 Å². The Labute approximate surface area is 223 Å². The molecule has 11 heteroatoms. The molecule has 0 spiro atoms. The van der Waals surface area contributed by atoms with Crippen LogP contribution < -0.4 is 4.90 Å². The van der Waals surface area contributed by atoms with Gasteiger partial charge in [-0.3, -0.25) is 9.69 Å². The monoisotopic (exact) mass is 542 g/mol. The molecule has 3 amide bonds. The van der Waals surface area contributed by atoms with E-state index in [-0.39, 0.29) is 25.5 Å². The number of amides is 3. The third-order valence-electron chi connectivity index (χ3n) is 5.80. The highest BCUT2D eigenvalue weighted by atomic mass is 35.5. The van der Waals surface area contributed by atoms with Crippen molar-refractivity contribution in [1.82, 2.24) is 14.7 Å². The molecule has 2 heterocycles. The Hall–Kier alpha value is -2.39. The van der Waals surface area contributed by atoms with Gasteiger partial charge in [-0.05, 0) is 59.7 Å². The van der Waals surface area contributed by atoms with Crippen LogP contribution in [0.5, 0.6) is 0 Å². The fourth-order valence-electron chi connectivity index (χ4n) is 4.10. The highest BCUT2D eigenvalue weighted by molar-refractivity contribution is 6.42. The number of piperazine rings is 2. The lowest BCUT2D eigenvalue weighted by Crippen LogP contribution is -2.64. The van der Waals surface area contributed by atoms with E-state index in [1.807, 2.05) is 12.1 Å². The normalized spacial score (nSPS) is 19.3. The van der Waals surface area contributed by atoms with Gasteiger partial charge in [0.15, 0.2) is 0 Å². The maximum Gasteiger partial charge on any atom is 0.411 e. The number of benzene rings is 1. The van der Waals surface area contributed by atoms with E-state index >= 15 is 0 Å². The highest BCUT2D eigenvalue weighted by Crippen LogP contribution is 2.28. The zero-order valence-corrected chi connectivity index (χ0v) is 23.4. The molecule has 2 aliphatic heterocycles. The topological polar surface area (TPSA) is 82.6 Å². The number of carbonyl (C=O) groups is 3. The Balaban J connectivity index is 1.73. The van der Waals surface area contributed by atoms with Crippen LogP contribution in [0.3, 0.4) is 0 Å². The van der Waals surface area contributed by atoms with E-state index in [1.165, 1.54) is 9.80 Å². The van der Waals surface area contributed by atoms with Crippen molar-refractivity contribution in [3.05, 3.63) is 28.2 Å². The first-order valence-electron chi connectivity index (χ1n) is 12.1. The molecule has 2 aliphatic rings. The fraction of sp³-hybridized carbons (Fsp3) is 0.640. The Morgan fingerprint density at radius 1 is 0.778 bits per heavy atom. The van der Waals surface area contributed by atoms with Gasteiger partial charge in [0.25, 0.3) is 0 Å². The average molecular weight is 543 g/mol. The molecule has 0 bridgehead atoms. The van der Waals surface area contributed by atoms with Gasteiger partial charge in [0.05, 0.1) is 16.6 Å². The maximum atomic E-state index is 13.7. The van der Waals surface area contributed by atoms with Crippen molar-refractivity contribution < 1.29 is 23.9 Å². The summed E-state index contributed by atoms with van der Waals surface area (Å²) in [7, 11) is 0. The summed E-state index contributed by atoms with van der Waals surface area (Å²) in [5.74, 6) is -0.220. The second kappa shape index (κ2) is 10.9. The molecule has 0 radical (unpaired) electrons. The van der Waals surface area contributed by atoms with Gasteiger partial charge in [-0.15, -0.1) is 0 Å². The van der Waals surface area contributed by atoms with Gasteiger partial charge < -0.3 is 24.2 Å². The molecule has 1 aromatic rings. The van der Waals surface area contributed by atoms with E-state index in [0.29, 0.717) is 36.2 Å². The zero-order chi connectivity index (χ0) is 26.8. The first kappa shape index (κ1) is 28.2. The molecule has 1 aromatic carbocycles. The van der Waals surface area contributed by atoms with Crippen molar-refractivity contribution in [3.63, 3.8) is 0 Å². The minimum atomic E-state index is -0.863. The molecule has 1 atom stereocenters. The summed E-state index contributed by atoms with van der Waals surface area (Å²) in [4.78, 5) is 46.2. The minimum absolute atomic E-state index is 0.0417. The number of carbonyl (C=O) groups excluding carboxylic acids is 3. The molecule has 3 rings (SSSR count). The Kier molecular flexibility index (Phi) is 8.55. The van der Waals surface area contributed by atoms with Crippen molar-refractivity contribution in [2.45, 2.75) is 58.8 Å². The predicted molar refractivity (Wildman–Crippen MR) is 140 cm³/mol. The summed E-state index contributed by atoms with van der Waals surface area (Å²) < 4.78 is 11.1. The second-order valence-corrected chi connectivity index (χ2v) is 11.8. The zero-order valence-electron chi connectivity index (χ0n) is 21.8. The van der Waals surface area contributed by atoms with Crippen LogP contribution in [0.15, 0.2) is 18.2 Å². The van der Waals surface area contributed by atoms with Crippen LogP contribution in [-0.2, 0) is 14.3 Å². The largest absolute Gasteiger partial charge is 0.444 e. The molecular weight excluding hydrogens is 507 g/mol. The SMILES string of the molecule is CC(C)(C)OC(=O)N1CCN(C(=O)OC(C)(C)C)C(C(=O)N2CCN(c3ccc(Cl)c(Cl)c3)CC2)C1. The Bertz CT molecular complexity index is 984. The van der Waals surface area contributed by atoms with Gasteiger partial charge in [0.1, 0.15) is 17.2 Å². The number of halogens is 2. The molecule has 0 saturated carbocycles. The van der Waals surface area contributed by atoms with Crippen molar-refractivity contribution in [2.75, 3.05) is 50.7 Å². The molecule has 200 valence electrons. The summed E-state index contributed by atoms with van der Waals surface area (Å²) in [5.41, 5.74) is -0.446. The van der Waals surface area contributed by atoms with E-state index in [4.69, 9.17) is 32.7 Å². The smallest absolute Gasteiger partial charge is 0.411 e. The summed E-state index contributed by atoms with van der Waals surface area (Å²) in [5, 5.41) is 0.966. The van der Waals surface area contributed by atoms with Gasteiger partial charge in [-0.1, -0.05) is 23.2 Å². The summed E-state index contributed by atoms with van der Waals surface area (Å²) in [6.45, 7) is 13.3. The summed E-state index contributed by atoms with van der Waals surface area (Å²) in [6, 6.07) is 4.60. The van der Waals surface area contributed by atoms with Crippen molar-refractivity contribution in [1.29, 1.82) is 0 Å². The third kappa shape index (κ3) is 7.32. The number of hydrogen-bond donors (Lipinski definition) is 0. The highest BCUT2D eigenvalue weighted by Gasteiger charge is 2.42. The van der Waals surface area contributed by atoms with E-state index in [9.17, 15) is 14.4 Å². The summed E-state index contributed by atoms with van der Waals surface area (Å²) in [6.07, 6.45) is -1.08. The maximum absolute atomic E-state index is 13.7. The lowest BCUT2D eigenvalue weighted by Gasteiger charge is -2.44. The molecule has 2 saturated heterocycles. The van der Waals surface area contributed by atoms with Crippen molar-refractivity contribution in [2.24, 2.45) is 0 Å². The lowest BCUT2D eigenvalue weighted by molar-refractivity contribution is -0.139. The van der Waals surface area contributed by atoms with Gasteiger partial charge in [-0.2, -0.15) is 0 Å². The predicted octanol–water partition coefficient (Wildman–Crippen LogP) is 4.50. The number of ether oxygens (including phenoxy) is 2. The van der Waals surface area contributed by atoms with Crippen LogP contribution in [-0.4, -0.2) is 95.9 Å². The molecule has 0 N–H and O–H groups in total. The fourth-order valence-corrected chi connectivity index (χ4v) is 4.40. The minimum Gasteiger partial charge on any atom is -0.444 e. The van der Waals surface area contributed by atoms with Crippen LogP contribution in [0, 0.1) is 0 Å². The molecule has 2 fully saturated rings. The first-order chi connectivity index (χ1) is 16.6. The van der Waals surface area contributed by atoms with Crippen LogP contribution in [0.25, 0.3) is 0 Å². The number of hydrogen-bond acceptors (Lipinski definition) is 6. The van der Waals surface area contributed by atoms with E-state index in [2.05, 4.69) is 4.90 Å². The quantitative estimate of drug-likeness (QED) is 0.547. The standard InChI is InChI=1S/C25H36Cl2N4O5/c1-24(2,3)35-22(33)30-13-14-31(23(34)36-25(4,5)6)20(16-30)21(32)29-11-9-28(10-12-29)17-7-8-18(26)19(27)15-17/h7-8,15,20H,9-14,16H2,1-6H3. The molecule has 36 heavy (non-hydrogen) atoms. The van der Waals surface area contributed by atoms with Crippen LogP contribution >= 0.6 is 23.2 Å². The van der Waals surface area contributed by atoms with Crippen LogP contribution in [0.1, 0.15) is 41.5 Å². The molecule has 0 aromatic heterocycles. The average Bonchev–Trinajstić information content (AvgIpc) is 2.78. The summed E-state index contributed by atoms with van der Waals surface area (Å²) >= 11 is 12.2. The van der Waals surface area contributed by atoms with Crippen molar-refractivity contribution >= 4 is 47.0 Å². The molecule has 9 nitrogen and oxygen atoms in total. The van der Waals surface area contributed by atoms with E-state index in [1.54, 1.807) is 52.5 Å². The number of rotatable bonds is 2.